The largest absolute Gasteiger partial charge is 0.349 e. The Kier molecular flexibility index (Phi) is 4.65. The van der Waals surface area contributed by atoms with Crippen LogP contribution in [-0.2, 0) is 0 Å². The lowest BCUT2D eigenvalue weighted by molar-refractivity contribution is 0.0926. The minimum absolute atomic E-state index is 0.0694. The molecule has 1 amide bonds. The maximum Gasteiger partial charge on any atom is 0.251 e. The normalized spacial score (nSPS) is 27.2. The first-order chi connectivity index (χ1) is 8.61. The van der Waals surface area contributed by atoms with Crippen LogP contribution in [0.1, 0.15) is 43.5 Å². The Balaban J connectivity index is 1.98. The van der Waals surface area contributed by atoms with E-state index in [1.54, 1.807) is 0 Å². The highest BCUT2D eigenvalue weighted by molar-refractivity contribution is 14.1. The van der Waals surface area contributed by atoms with Gasteiger partial charge < -0.3 is 5.32 Å². The Bertz CT molecular complexity index is 415. The highest BCUT2D eigenvalue weighted by Crippen LogP contribution is 2.33. The monoisotopic (exact) mass is 357 g/mol. The third-order valence-corrected chi connectivity index (χ3v) is 4.89. The van der Waals surface area contributed by atoms with E-state index in [0.717, 1.165) is 21.5 Å². The first-order valence-corrected chi connectivity index (χ1v) is 7.76. The van der Waals surface area contributed by atoms with Crippen molar-refractivity contribution in [1.29, 1.82) is 0 Å². The number of nitrogens with one attached hydrogen (secondary N) is 1. The average molecular weight is 357 g/mol. The quantitative estimate of drug-likeness (QED) is 0.819. The number of carbonyl (C=O) groups excluding carboxylic acids is 1. The van der Waals surface area contributed by atoms with Crippen molar-refractivity contribution in [1.82, 2.24) is 5.32 Å². The molecule has 0 heterocycles. The van der Waals surface area contributed by atoms with Crippen molar-refractivity contribution in [2.45, 2.75) is 39.2 Å². The van der Waals surface area contributed by atoms with E-state index in [9.17, 15) is 4.79 Å². The molecule has 2 nitrogen and oxygen atoms in total. The van der Waals surface area contributed by atoms with Gasteiger partial charge >= 0.3 is 0 Å². The van der Waals surface area contributed by atoms with Crippen LogP contribution >= 0.6 is 22.6 Å². The van der Waals surface area contributed by atoms with Gasteiger partial charge in [-0.2, -0.15) is 0 Å². The molecule has 3 heteroatoms. The molecular formula is C15H20INO. The number of carbonyl (C=O) groups is 1. The first-order valence-electron chi connectivity index (χ1n) is 6.68. The van der Waals surface area contributed by atoms with E-state index >= 15 is 0 Å². The van der Waals surface area contributed by atoms with Crippen LogP contribution in [0.15, 0.2) is 24.3 Å². The molecule has 1 aliphatic rings. The molecule has 0 aromatic heterocycles. The van der Waals surface area contributed by atoms with Crippen LogP contribution in [0.5, 0.6) is 0 Å². The molecule has 0 bridgehead atoms. The zero-order valence-electron chi connectivity index (χ0n) is 10.9. The maximum absolute atomic E-state index is 12.1. The Morgan fingerprint density at radius 1 is 1.33 bits per heavy atom. The van der Waals surface area contributed by atoms with Gasteiger partial charge in [-0.3, -0.25) is 4.79 Å². The van der Waals surface area contributed by atoms with Crippen molar-refractivity contribution in [3.05, 3.63) is 33.4 Å². The molecular weight excluding hydrogens is 337 g/mol. The Morgan fingerprint density at radius 2 is 2.00 bits per heavy atom. The van der Waals surface area contributed by atoms with Crippen molar-refractivity contribution in [3.63, 3.8) is 0 Å². The summed E-state index contributed by atoms with van der Waals surface area (Å²) in [6.45, 7) is 4.50. The average Bonchev–Trinajstić information content (AvgIpc) is 2.71. The standard InChI is InChI=1S/C15H20INO/c1-3-11-6-9-14(10(11)2)17-15(18)12-4-7-13(16)8-5-12/h4-5,7-8,10-11,14H,3,6,9H2,1-2H3,(H,17,18). The molecule has 1 fully saturated rings. The smallest absolute Gasteiger partial charge is 0.251 e. The third kappa shape index (κ3) is 3.05. The van der Waals surface area contributed by atoms with Gasteiger partial charge in [0, 0.05) is 15.2 Å². The molecule has 1 aromatic carbocycles. The molecule has 3 unspecified atom stereocenters. The van der Waals surface area contributed by atoms with E-state index < -0.39 is 0 Å². The van der Waals surface area contributed by atoms with Gasteiger partial charge in [-0.15, -0.1) is 0 Å². The number of amides is 1. The summed E-state index contributed by atoms with van der Waals surface area (Å²) in [4.78, 5) is 12.1. The van der Waals surface area contributed by atoms with Gasteiger partial charge in [0.1, 0.15) is 0 Å². The predicted octanol–water partition coefficient (Wildman–Crippen LogP) is 3.85. The van der Waals surface area contributed by atoms with Gasteiger partial charge in [0.25, 0.3) is 5.91 Å². The summed E-state index contributed by atoms with van der Waals surface area (Å²) >= 11 is 2.25. The molecule has 0 spiro atoms. The molecule has 0 radical (unpaired) electrons. The number of hydrogen-bond acceptors (Lipinski definition) is 1. The lowest BCUT2D eigenvalue weighted by atomic mass is 9.93. The number of hydrogen-bond donors (Lipinski definition) is 1. The highest BCUT2D eigenvalue weighted by Gasteiger charge is 2.32. The molecule has 0 saturated heterocycles. The number of benzene rings is 1. The molecule has 98 valence electrons. The Hall–Kier alpha value is -0.580. The van der Waals surface area contributed by atoms with E-state index in [2.05, 4.69) is 41.8 Å². The van der Waals surface area contributed by atoms with Gasteiger partial charge in [0.15, 0.2) is 0 Å². The lowest BCUT2D eigenvalue weighted by Crippen LogP contribution is -2.37. The summed E-state index contributed by atoms with van der Waals surface area (Å²) in [7, 11) is 0. The van der Waals surface area contributed by atoms with E-state index in [1.807, 2.05) is 24.3 Å². The summed E-state index contributed by atoms with van der Waals surface area (Å²) in [5, 5.41) is 3.19. The molecule has 1 saturated carbocycles. The van der Waals surface area contributed by atoms with Gasteiger partial charge in [-0.05, 0) is 71.5 Å². The minimum Gasteiger partial charge on any atom is -0.349 e. The Morgan fingerprint density at radius 3 is 2.56 bits per heavy atom. The molecule has 1 aromatic rings. The third-order valence-electron chi connectivity index (χ3n) is 4.17. The van der Waals surface area contributed by atoms with Crippen LogP contribution in [0.2, 0.25) is 0 Å². The van der Waals surface area contributed by atoms with Crippen LogP contribution in [0.25, 0.3) is 0 Å². The fourth-order valence-electron chi connectivity index (χ4n) is 2.88. The summed E-state index contributed by atoms with van der Waals surface area (Å²) in [6.07, 6.45) is 3.59. The molecule has 18 heavy (non-hydrogen) atoms. The molecule has 1 N–H and O–H groups in total. The van der Waals surface area contributed by atoms with Crippen molar-refractivity contribution in [2.75, 3.05) is 0 Å². The minimum atomic E-state index is 0.0694. The Labute approximate surface area is 123 Å². The molecule has 0 aliphatic heterocycles. The highest BCUT2D eigenvalue weighted by atomic mass is 127. The predicted molar refractivity (Wildman–Crippen MR) is 82.6 cm³/mol. The number of halogens is 1. The fourth-order valence-corrected chi connectivity index (χ4v) is 3.24. The van der Waals surface area contributed by atoms with Crippen LogP contribution in [-0.4, -0.2) is 11.9 Å². The maximum atomic E-state index is 12.1. The van der Waals surface area contributed by atoms with Crippen molar-refractivity contribution in [3.8, 4) is 0 Å². The molecule has 3 atom stereocenters. The summed E-state index contributed by atoms with van der Waals surface area (Å²) < 4.78 is 1.16. The molecule has 1 aliphatic carbocycles. The topological polar surface area (TPSA) is 29.1 Å². The zero-order valence-corrected chi connectivity index (χ0v) is 13.1. The van der Waals surface area contributed by atoms with E-state index in [4.69, 9.17) is 0 Å². The summed E-state index contributed by atoms with van der Waals surface area (Å²) in [5.74, 6) is 1.44. The van der Waals surface area contributed by atoms with Crippen LogP contribution < -0.4 is 5.32 Å². The zero-order chi connectivity index (χ0) is 13.1. The van der Waals surface area contributed by atoms with Gasteiger partial charge in [-0.1, -0.05) is 20.3 Å². The van der Waals surface area contributed by atoms with Gasteiger partial charge in [0.05, 0.1) is 0 Å². The van der Waals surface area contributed by atoms with Gasteiger partial charge in [-0.25, -0.2) is 0 Å². The van der Waals surface area contributed by atoms with Crippen LogP contribution in [0.4, 0.5) is 0 Å². The summed E-state index contributed by atoms with van der Waals surface area (Å²) in [6, 6.07) is 8.09. The lowest BCUT2D eigenvalue weighted by Gasteiger charge is -2.21. The SMILES string of the molecule is CCC1CCC(NC(=O)c2ccc(I)cc2)C1C. The van der Waals surface area contributed by atoms with Crippen molar-refractivity contribution in [2.24, 2.45) is 11.8 Å². The van der Waals surface area contributed by atoms with E-state index in [0.29, 0.717) is 12.0 Å². The van der Waals surface area contributed by atoms with Crippen molar-refractivity contribution >= 4 is 28.5 Å². The van der Waals surface area contributed by atoms with Crippen LogP contribution in [0, 0.1) is 15.4 Å². The molecule has 2 rings (SSSR count). The second-order valence-electron chi connectivity index (χ2n) is 5.19. The van der Waals surface area contributed by atoms with Crippen molar-refractivity contribution < 1.29 is 4.79 Å². The number of rotatable bonds is 3. The second-order valence-corrected chi connectivity index (χ2v) is 6.44. The fraction of sp³-hybridized carbons (Fsp3) is 0.533. The van der Waals surface area contributed by atoms with E-state index in [-0.39, 0.29) is 5.91 Å². The van der Waals surface area contributed by atoms with Crippen LogP contribution in [0.3, 0.4) is 0 Å². The van der Waals surface area contributed by atoms with Gasteiger partial charge in [0.2, 0.25) is 0 Å². The first kappa shape index (κ1) is 13.8. The summed E-state index contributed by atoms with van der Waals surface area (Å²) in [5.41, 5.74) is 0.766. The van der Waals surface area contributed by atoms with E-state index in [1.165, 1.54) is 12.8 Å². The second kappa shape index (κ2) is 6.04.